The standard InChI is InChI=1S/C15H13BrN4/c16-13-9-19-15(20-10-13)18-8-6-12-4-1-3-11-5-2-7-17-14(11)12/h1-5,7,9-10H,6,8H2,(H,18,19,20). The largest absolute Gasteiger partial charge is 0.354 e. The monoisotopic (exact) mass is 328 g/mol. The third-order valence-corrected chi connectivity index (χ3v) is 3.42. The zero-order valence-corrected chi connectivity index (χ0v) is 12.3. The van der Waals surface area contributed by atoms with Gasteiger partial charge in [0.15, 0.2) is 0 Å². The van der Waals surface area contributed by atoms with Crippen molar-refractivity contribution in [2.24, 2.45) is 0 Å². The number of nitrogens with zero attached hydrogens (tertiary/aromatic N) is 3. The van der Waals surface area contributed by atoms with Gasteiger partial charge in [0, 0.05) is 30.5 Å². The molecule has 5 heteroatoms. The molecule has 0 aliphatic carbocycles. The SMILES string of the molecule is Brc1cnc(NCCc2cccc3cccnc23)nc1. The van der Waals surface area contributed by atoms with Crippen LogP contribution in [0.2, 0.25) is 0 Å². The lowest BCUT2D eigenvalue weighted by Gasteiger charge is -2.07. The topological polar surface area (TPSA) is 50.7 Å². The summed E-state index contributed by atoms with van der Waals surface area (Å²) >= 11 is 3.32. The number of halogens is 1. The van der Waals surface area contributed by atoms with E-state index in [9.17, 15) is 0 Å². The number of para-hydroxylation sites is 1. The number of aromatic nitrogens is 3. The van der Waals surface area contributed by atoms with Gasteiger partial charge in [-0.1, -0.05) is 24.3 Å². The number of benzene rings is 1. The second kappa shape index (κ2) is 5.96. The number of hydrogen-bond acceptors (Lipinski definition) is 4. The third-order valence-electron chi connectivity index (χ3n) is 3.01. The molecule has 2 heterocycles. The van der Waals surface area contributed by atoms with Crippen molar-refractivity contribution in [3.63, 3.8) is 0 Å². The highest BCUT2D eigenvalue weighted by Gasteiger charge is 2.02. The Balaban J connectivity index is 1.69. The molecule has 0 bridgehead atoms. The molecule has 100 valence electrons. The Morgan fingerprint density at radius 2 is 1.80 bits per heavy atom. The van der Waals surface area contributed by atoms with Crippen LogP contribution in [0.25, 0.3) is 10.9 Å². The van der Waals surface area contributed by atoms with E-state index < -0.39 is 0 Å². The first-order chi connectivity index (χ1) is 9.83. The molecule has 0 amide bonds. The average molecular weight is 329 g/mol. The number of pyridine rings is 1. The van der Waals surface area contributed by atoms with E-state index in [0.717, 1.165) is 23.0 Å². The van der Waals surface area contributed by atoms with Crippen molar-refractivity contribution < 1.29 is 0 Å². The fourth-order valence-electron chi connectivity index (χ4n) is 2.08. The van der Waals surface area contributed by atoms with Crippen LogP contribution < -0.4 is 5.32 Å². The predicted octanol–water partition coefficient (Wildman–Crippen LogP) is 3.44. The second-order valence-electron chi connectivity index (χ2n) is 4.39. The highest BCUT2D eigenvalue weighted by atomic mass is 79.9. The Kier molecular flexibility index (Phi) is 3.87. The zero-order chi connectivity index (χ0) is 13.8. The lowest BCUT2D eigenvalue weighted by Crippen LogP contribution is -2.08. The van der Waals surface area contributed by atoms with Crippen molar-refractivity contribution in [2.75, 3.05) is 11.9 Å². The minimum atomic E-state index is 0.640. The van der Waals surface area contributed by atoms with Crippen LogP contribution >= 0.6 is 15.9 Å². The summed E-state index contributed by atoms with van der Waals surface area (Å²) in [6.07, 6.45) is 6.18. The van der Waals surface area contributed by atoms with Crippen molar-refractivity contribution in [3.8, 4) is 0 Å². The Bertz CT molecular complexity index is 707. The summed E-state index contributed by atoms with van der Waals surface area (Å²) in [5.41, 5.74) is 2.29. The van der Waals surface area contributed by atoms with E-state index >= 15 is 0 Å². The van der Waals surface area contributed by atoms with Crippen molar-refractivity contribution in [3.05, 3.63) is 59.0 Å². The Morgan fingerprint density at radius 1 is 1.00 bits per heavy atom. The molecule has 1 N–H and O–H groups in total. The molecule has 0 radical (unpaired) electrons. The maximum atomic E-state index is 4.45. The van der Waals surface area contributed by atoms with Gasteiger partial charge in [-0.05, 0) is 34.0 Å². The quantitative estimate of drug-likeness (QED) is 0.797. The fraction of sp³-hybridized carbons (Fsp3) is 0.133. The normalized spacial score (nSPS) is 10.7. The molecular formula is C15H13BrN4. The molecular weight excluding hydrogens is 316 g/mol. The van der Waals surface area contributed by atoms with E-state index in [2.05, 4.69) is 60.5 Å². The molecule has 0 unspecified atom stereocenters. The highest BCUT2D eigenvalue weighted by molar-refractivity contribution is 9.10. The minimum Gasteiger partial charge on any atom is -0.354 e. The number of hydrogen-bond donors (Lipinski definition) is 1. The maximum absolute atomic E-state index is 4.45. The number of rotatable bonds is 4. The molecule has 0 aliphatic heterocycles. The molecule has 0 saturated carbocycles. The van der Waals surface area contributed by atoms with E-state index in [1.807, 2.05) is 12.3 Å². The van der Waals surface area contributed by atoms with Gasteiger partial charge in [-0.25, -0.2) is 9.97 Å². The molecule has 0 spiro atoms. The summed E-state index contributed by atoms with van der Waals surface area (Å²) < 4.78 is 0.876. The molecule has 0 aliphatic rings. The summed E-state index contributed by atoms with van der Waals surface area (Å²) in [5, 5.41) is 4.39. The van der Waals surface area contributed by atoms with Crippen molar-refractivity contribution in [1.29, 1.82) is 0 Å². The summed E-state index contributed by atoms with van der Waals surface area (Å²) in [4.78, 5) is 12.8. The van der Waals surface area contributed by atoms with Crippen LogP contribution in [-0.4, -0.2) is 21.5 Å². The van der Waals surface area contributed by atoms with Gasteiger partial charge in [-0.2, -0.15) is 0 Å². The van der Waals surface area contributed by atoms with Gasteiger partial charge in [0.25, 0.3) is 0 Å². The van der Waals surface area contributed by atoms with Crippen molar-refractivity contribution in [1.82, 2.24) is 15.0 Å². The first-order valence-electron chi connectivity index (χ1n) is 6.37. The van der Waals surface area contributed by atoms with Crippen LogP contribution in [0.3, 0.4) is 0 Å². The Hall–Kier alpha value is -2.01. The van der Waals surface area contributed by atoms with Gasteiger partial charge < -0.3 is 5.32 Å². The van der Waals surface area contributed by atoms with Crippen LogP contribution in [0.5, 0.6) is 0 Å². The summed E-state index contributed by atoms with van der Waals surface area (Å²) in [6.45, 7) is 0.775. The second-order valence-corrected chi connectivity index (χ2v) is 5.31. The number of nitrogens with one attached hydrogen (secondary N) is 1. The molecule has 0 fully saturated rings. The van der Waals surface area contributed by atoms with Crippen LogP contribution in [-0.2, 0) is 6.42 Å². The molecule has 1 aromatic carbocycles. The Labute approximate surface area is 125 Å². The number of fused-ring (bicyclic) bond motifs is 1. The van der Waals surface area contributed by atoms with Crippen molar-refractivity contribution >= 4 is 32.8 Å². The fourth-order valence-corrected chi connectivity index (χ4v) is 2.29. The first kappa shape index (κ1) is 13.0. The lowest BCUT2D eigenvalue weighted by atomic mass is 10.1. The van der Waals surface area contributed by atoms with Crippen molar-refractivity contribution in [2.45, 2.75) is 6.42 Å². The minimum absolute atomic E-state index is 0.640. The van der Waals surface area contributed by atoms with E-state index in [1.54, 1.807) is 12.4 Å². The van der Waals surface area contributed by atoms with E-state index in [0.29, 0.717) is 5.95 Å². The van der Waals surface area contributed by atoms with Crippen LogP contribution in [0.4, 0.5) is 5.95 Å². The molecule has 2 aromatic heterocycles. The molecule has 4 nitrogen and oxygen atoms in total. The number of anilines is 1. The molecule has 20 heavy (non-hydrogen) atoms. The Morgan fingerprint density at radius 3 is 2.65 bits per heavy atom. The smallest absolute Gasteiger partial charge is 0.222 e. The van der Waals surface area contributed by atoms with Gasteiger partial charge in [-0.3, -0.25) is 4.98 Å². The van der Waals surface area contributed by atoms with Crippen LogP contribution in [0.1, 0.15) is 5.56 Å². The van der Waals surface area contributed by atoms with E-state index in [-0.39, 0.29) is 0 Å². The third kappa shape index (κ3) is 2.93. The van der Waals surface area contributed by atoms with Gasteiger partial charge >= 0.3 is 0 Å². The van der Waals surface area contributed by atoms with Crippen LogP contribution in [0.15, 0.2) is 53.4 Å². The lowest BCUT2D eigenvalue weighted by molar-refractivity contribution is 0.985. The predicted molar refractivity (Wildman–Crippen MR) is 83.7 cm³/mol. The summed E-state index contributed by atoms with van der Waals surface area (Å²) in [7, 11) is 0. The van der Waals surface area contributed by atoms with E-state index in [4.69, 9.17) is 0 Å². The van der Waals surface area contributed by atoms with Gasteiger partial charge in [0.2, 0.25) is 5.95 Å². The van der Waals surface area contributed by atoms with Gasteiger partial charge in [0.1, 0.15) is 0 Å². The zero-order valence-electron chi connectivity index (χ0n) is 10.8. The molecule has 3 aromatic rings. The maximum Gasteiger partial charge on any atom is 0.222 e. The first-order valence-corrected chi connectivity index (χ1v) is 7.16. The molecule has 0 saturated heterocycles. The molecule has 0 atom stereocenters. The van der Waals surface area contributed by atoms with Gasteiger partial charge in [-0.15, -0.1) is 0 Å². The average Bonchev–Trinajstić information content (AvgIpc) is 2.49. The van der Waals surface area contributed by atoms with Crippen LogP contribution in [0, 0.1) is 0 Å². The van der Waals surface area contributed by atoms with Gasteiger partial charge in [0.05, 0.1) is 9.99 Å². The van der Waals surface area contributed by atoms with E-state index in [1.165, 1.54) is 10.9 Å². The summed E-state index contributed by atoms with van der Waals surface area (Å²) in [5.74, 6) is 0.640. The summed E-state index contributed by atoms with van der Waals surface area (Å²) in [6, 6.07) is 10.3. The molecule has 3 rings (SSSR count). The highest BCUT2D eigenvalue weighted by Crippen LogP contribution is 2.16.